The van der Waals surface area contributed by atoms with Crippen molar-refractivity contribution in [3.05, 3.63) is 0 Å². The highest BCUT2D eigenvalue weighted by molar-refractivity contribution is 7.41. The van der Waals surface area contributed by atoms with Crippen molar-refractivity contribution in [1.82, 2.24) is 5.09 Å². The number of nitrogens with one attached hydrogen (secondary N) is 1. The third-order valence-electron chi connectivity index (χ3n) is 0.680. The Kier molecular flexibility index (Phi) is 5.39. The van der Waals surface area contributed by atoms with E-state index in [1.807, 2.05) is 0 Å². The zero-order valence-electron chi connectivity index (χ0n) is 5.23. The monoisotopic (exact) mass is 137 g/mol. The van der Waals surface area contributed by atoms with E-state index < -0.39 is 7.95 Å². The maximum Gasteiger partial charge on any atom is 0.133 e. The first-order valence-corrected chi connectivity index (χ1v) is 4.41. The number of hydrogen-bond donors (Lipinski definition) is 1. The zero-order valence-corrected chi connectivity index (χ0v) is 6.23. The van der Waals surface area contributed by atoms with Crippen molar-refractivity contribution in [2.24, 2.45) is 0 Å². The predicted octanol–water partition coefficient (Wildman–Crippen LogP) is 0.327. The van der Waals surface area contributed by atoms with Crippen molar-refractivity contribution in [3.63, 3.8) is 0 Å². The lowest BCUT2D eigenvalue weighted by molar-refractivity contribution is 0.204. The van der Waals surface area contributed by atoms with Gasteiger partial charge in [0.15, 0.2) is 0 Å². The first-order valence-electron chi connectivity index (χ1n) is 2.50. The molecule has 4 heteroatoms. The molecule has 0 aliphatic carbocycles. The molecule has 8 heavy (non-hydrogen) atoms. The summed E-state index contributed by atoms with van der Waals surface area (Å²) in [5, 5.41) is 2.77. The van der Waals surface area contributed by atoms with Gasteiger partial charge in [-0.25, -0.2) is 0 Å². The van der Waals surface area contributed by atoms with Crippen LogP contribution in [0.4, 0.5) is 0 Å². The van der Waals surface area contributed by atoms with Crippen molar-refractivity contribution in [2.75, 3.05) is 26.9 Å². The van der Waals surface area contributed by atoms with E-state index in [-0.39, 0.29) is 0 Å². The van der Waals surface area contributed by atoms with Crippen LogP contribution in [0.3, 0.4) is 0 Å². The van der Waals surface area contributed by atoms with Crippen molar-refractivity contribution < 1.29 is 9.30 Å². The van der Waals surface area contributed by atoms with Crippen LogP contribution < -0.4 is 5.09 Å². The normalized spacial score (nSPS) is 13.8. The SMILES string of the molecule is COCCN[PH](C)=O. The quantitative estimate of drug-likeness (QED) is 0.448. The molecule has 0 aromatic carbocycles. The Morgan fingerprint density at radius 2 is 2.38 bits per heavy atom. The second-order valence-electron chi connectivity index (χ2n) is 1.48. The largest absolute Gasteiger partial charge is 0.383 e. The van der Waals surface area contributed by atoms with Gasteiger partial charge in [-0.05, 0) is 6.66 Å². The fourth-order valence-electron chi connectivity index (χ4n) is 0.329. The molecule has 0 aliphatic heterocycles. The van der Waals surface area contributed by atoms with E-state index in [0.29, 0.717) is 13.2 Å². The lowest BCUT2D eigenvalue weighted by atomic mass is 10.7. The zero-order chi connectivity index (χ0) is 6.41. The van der Waals surface area contributed by atoms with E-state index in [0.717, 1.165) is 0 Å². The van der Waals surface area contributed by atoms with Crippen molar-refractivity contribution >= 4 is 7.95 Å². The minimum atomic E-state index is -1.49. The van der Waals surface area contributed by atoms with Crippen LogP contribution in [0.25, 0.3) is 0 Å². The summed E-state index contributed by atoms with van der Waals surface area (Å²) in [5.41, 5.74) is 0. The average molecular weight is 137 g/mol. The molecule has 0 saturated carbocycles. The molecule has 0 bridgehead atoms. The summed E-state index contributed by atoms with van der Waals surface area (Å²) in [6, 6.07) is 0. The molecule has 3 nitrogen and oxygen atoms in total. The molecule has 1 N–H and O–H groups in total. The van der Waals surface area contributed by atoms with E-state index in [1.54, 1.807) is 13.8 Å². The summed E-state index contributed by atoms with van der Waals surface area (Å²) >= 11 is 0. The third-order valence-corrected chi connectivity index (χ3v) is 1.43. The van der Waals surface area contributed by atoms with Crippen LogP contribution in [-0.4, -0.2) is 26.9 Å². The molecule has 0 aliphatic rings. The van der Waals surface area contributed by atoms with Gasteiger partial charge in [0.2, 0.25) is 0 Å². The molecule has 0 radical (unpaired) electrons. The number of hydrogen-bond acceptors (Lipinski definition) is 2. The highest BCUT2D eigenvalue weighted by atomic mass is 31.1. The van der Waals surface area contributed by atoms with E-state index in [4.69, 9.17) is 4.74 Å². The maximum atomic E-state index is 10.3. The lowest BCUT2D eigenvalue weighted by Crippen LogP contribution is -2.10. The van der Waals surface area contributed by atoms with E-state index >= 15 is 0 Å². The minimum Gasteiger partial charge on any atom is -0.383 e. The Bertz CT molecular complexity index is 76.4. The van der Waals surface area contributed by atoms with Gasteiger partial charge >= 0.3 is 0 Å². The molecule has 0 aromatic rings. The van der Waals surface area contributed by atoms with Gasteiger partial charge in [-0.15, -0.1) is 0 Å². The molecule has 50 valence electrons. The number of rotatable bonds is 4. The smallest absolute Gasteiger partial charge is 0.133 e. The summed E-state index contributed by atoms with van der Waals surface area (Å²) in [6.07, 6.45) is 0. The van der Waals surface area contributed by atoms with E-state index in [1.165, 1.54) is 0 Å². The molecule has 0 aromatic heterocycles. The Balaban J connectivity index is 2.82. The topological polar surface area (TPSA) is 38.3 Å². The minimum absolute atomic E-state index is 0.629. The van der Waals surface area contributed by atoms with Crippen LogP contribution >= 0.6 is 7.95 Å². The number of methoxy groups -OCH3 is 1. The van der Waals surface area contributed by atoms with Crippen molar-refractivity contribution in [3.8, 4) is 0 Å². The van der Waals surface area contributed by atoms with E-state index in [9.17, 15) is 4.57 Å². The van der Waals surface area contributed by atoms with Gasteiger partial charge in [-0.3, -0.25) is 5.09 Å². The first kappa shape index (κ1) is 8.15. The summed E-state index contributed by atoms with van der Waals surface area (Å²) in [4.78, 5) is 0. The Morgan fingerprint density at radius 3 is 2.75 bits per heavy atom. The Hall–Kier alpha value is 0.150. The highest BCUT2D eigenvalue weighted by Crippen LogP contribution is 2.02. The van der Waals surface area contributed by atoms with Crippen LogP contribution in [0.5, 0.6) is 0 Å². The van der Waals surface area contributed by atoms with Gasteiger partial charge < -0.3 is 9.30 Å². The van der Waals surface area contributed by atoms with E-state index in [2.05, 4.69) is 5.09 Å². The molecular weight excluding hydrogens is 125 g/mol. The summed E-state index contributed by atoms with van der Waals surface area (Å²) in [7, 11) is 0.133. The standard InChI is InChI=1S/C4H12NO2P/c1-7-4-3-5-8(2)6/h8H,3-4H2,1-2H3,(H,5,6). The molecule has 0 fully saturated rings. The average Bonchev–Trinajstić information content (AvgIpc) is 1.66. The maximum absolute atomic E-state index is 10.3. The van der Waals surface area contributed by atoms with Gasteiger partial charge in [-0.1, -0.05) is 0 Å². The van der Waals surface area contributed by atoms with Gasteiger partial charge in [0.1, 0.15) is 7.95 Å². The van der Waals surface area contributed by atoms with Gasteiger partial charge in [0, 0.05) is 13.7 Å². The van der Waals surface area contributed by atoms with Crippen LogP contribution in [-0.2, 0) is 9.30 Å². The first-order chi connectivity index (χ1) is 3.77. The van der Waals surface area contributed by atoms with Crippen LogP contribution in [0.1, 0.15) is 0 Å². The lowest BCUT2D eigenvalue weighted by Gasteiger charge is -1.97. The van der Waals surface area contributed by atoms with Crippen molar-refractivity contribution in [2.45, 2.75) is 0 Å². The highest BCUT2D eigenvalue weighted by Gasteiger charge is 1.84. The second-order valence-corrected chi connectivity index (χ2v) is 2.94. The summed E-state index contributed by atoms with van der Waals surface area (Å²) in [6.45, 7) is 2.98. The molecule has 0 amide bonds. The van der Waals surface area contributed by atoms with Crippen LogP contribution in [0.15, 0.2) is 0 Å². The van der Waals surface area contributed by atoms with Gasteiger partial charge in [-0.2, -0.15) is 0 Å². The molecule has 0 saturated heterocycles. The molecule has 0 rings (SSSR count). The third kappa shape index (κ3) is 6.15. The molecular formula is C4H12NO2P. The molecule has 1 atom stereocenters. The van der Waals surface area contributed by atoms with Crippen LogP contribution in [0, 0.1) is 0 Å². The summed E-state index contributed by atoms with van der Waals surface area (Å²) in [5.74, 6) is 0. The predicted molar refractivity (Wildman–Crippen MR) is 34.8 cm³/mol. The Labute approximate surface area is 50.3 Å². The fraction of sp³-hybridized carbons (Fsp3) is 1.00. The van der Waals surface area contributed by atoms with Crippen molar-refractivity contribution in [1.29, 1.82) is 0 Å². The molecule has 1 unspecified atom stereocenters. The Morgan fingerprint density at radius 1 is 1.75 bits per heavy atom. The van der Waals surface area contributed by atoms with Gasteiger partial charge in [0.05, 0.1) is 6.61 Å². The number of ether oxygens (including phenoxy) is 1. The van der Waals surface area contributed by atoms with Gasteiger partial charge in [0.25, 0.3) is 0 Å². The fourth-order valence-corrected chi connectivity index (χ4v) is 0.783. The van der Waals surface area contributed by atoms with Crippen LogP contribution in [0.2, 0.25) is 0 Å². The molecule has 0 heterocycles. The second kappa shape index (κ2) is 5.29. The molecule has 0 spiro atoms. The summed E-state index contributed by atoms with van der Waals surface area (Å²) < 4.78 is 15.0.